The average molecular weight is 881 g/mol. The van der Waals surface area contributed by atoms with Gasteiger partial charge in [-0.1, -0.05) is 142 Å². The van der Waals surface area contributed by atoms with Crippen LogP contribution in [0.3, 0.4) is 0 Å². The van der Waals surface area contributed by atoms with Crippen LogP contribution in [0.15, 0.2) is 115 Å². The Balaban J connectivity index is 1.15. The Labute approximate surface area is 403 Å². The zero-order chi connectivity index (χ0) is 46.5. The molecule has 342 valence electrons. The van der Waals surface area contributed by atoms with Crippen molar-refractivity contribution in [3.8, 4) is 11.1 Å². The maximum atomic E-state index is 2.75. The Morgan fingerprint density at radius 3 is 1.87 bits per heavy atom. The van der Waals surface area contributed by atoms with E-state index in [9.17, 15) is 0 Å². The van der Waals surface area contributed by atoms with E-state index >= 15 is 0 Å². The van der Waals surface area contributed by atoms with Crippen LogP contribution in [0.1, 0.15) is 160 Å². The maximum absolute atomic E-state index is 2.75. The molecule has 0 spiro atoms. The molecule has 3 fully saturated rings. The summed E-state index contributed by atoms with van der Waals surface area (Å²) in [6.45, 7) is 26.5. The molecule has 4 unspecified atom stereocenters. The molecule has 6 aliphatic rings. The van der Waals surface area contributed by atoms with Gasteiger partial charge in [-0.25, -0.2) is 0 Å². The number of fused-ring (bicyclic) bond motifs is 7. The second-order valence-corrected chi connectivity index (χ2v) is 25.8. The van der Waals surface area contributed by atoms with Crippen LogP contribution in [0.25, 0.3) is 11.1 Å². The van der Waals surface area contributed by atoms with Gasteiger partial charge in [0.2, 0.25) is 0 Å². The molecule has 0 saturated heterocycles. The molecule has 3 bridgehead atoms. The van der Waals surface area contributed by atoms with Crippen LogP contribution in [-0.2, 0) is 21.7 Å². The van der Waals surface area contributed by atoms with Crippen LogP contribution in [0.2, 0.25) is 0 Å². The van der Waals surface area contributed by atoms with Crippen LogP contribution in [-0.4, -0.2) is 6.71 Å². The third kappa shape index (κ3) is 6.93. The molecule has 2 aliphatic heterocycles. The molecule has 5 atom stereocenters. The first-order valence-electron chi connectivity index (χ1n) is 26.2. The van der Waals surface area contributed by atoms with Crippen LogP contribution in [0.4, 0.5) is 34.1 Å². The minimum atomic E-state index is -0.00134. The lowest BCUT2D eigenvalue weighted by Gasteiger charge is -2.52. The van der Waals surface area contributed by atoms with Gasteiger partial charge >= 0.3 is 0 Å². The van der Waals surface area contributed by atoms with E-state index in [0.717, 1.165) is 23.7 Å². The van der Waals surface area contributed by atoms with Gasteiger partial charge in [0.25, 0.3) is 6.71 Å². The van der Waals surface area contributed by atoms with Crippen molar-refractivity contribution < 1.29 is 0 Å². The standard InChI is InChI=1S/C64H73BN2/c1-39-29-58-60-59(30-39)67(55-25-18-43(35-50(55)42-15-13-12-14-16-42)49-34-41-31-40-17-24-48(49)44(32-40)33-41)57-38-52-51(63(8,9)27-28-64(52,10)11)37-54(57)65(60)53-36-46(62(5,6)7)21-26-56(53)66(58)47-22-19-45(20-23-47)61(2,3)4/h12-16,18-23,25-26,29-30,35-38,40-41,44,48-49H,17,24,27-28,31-34H2,1-11H3/t40?,41-,44?,48?,49?/m0/s1. The van der Waals surface area contributed by atoms with Crippen LogP contribution in [0, 0.1) is 30.6 Å². The van der Waals surface area contributed by atoms with Gasteiger partial charge in [-0.15, -0.1) is 0 Å². The minimum absolute atomic E-state index is 0.00134. The van der Waals surface area contributed by atoms with Gasteiger partial charge in [0.05, 0.1) is 5.69 Å². The van der Waals surface area contributed by atoms with E-state index in [1.807, 2.05) is 0 Å². The highest BCUT2D eigenvalue weighted by Gasteiger charge is 2.49. The summed E-state index contributed by atoms with van der Waals surface area (Å²) in [5.74, 6) is 4.25. The summed E-state index contributed by atoms with van der Waals surface area (Å²) in [6, 6.07) is 46.6. The predicted molar refractivity (Wildman–Crippen MR) is 288 cm³/mol. The van der Waals surface area contributed by atoms with Gasteiger partial charge in [-0.2, -0.15) is 0 Å². The highest BCUT2D eigenvalue weighted by atomic mass is 15.2. The first-order chi connectivity index (χ1) is 31.8. The van der Waals surface area contributed by atoms with Crippen LogP contribution in [0.5, 0.6) is 0 Å². The van der Waals surface area contributed by atoms with Crippen molar-refractivity contribution in [3.63, 3.8) is 0 Å². The lowest BCUT2D eigenvalue weighted by Crippen LogP contribution is -2.62. The monoisotopic (exact) mass is 881 g/mol. The van der Waals surface area contributed by atoms with Crippen molar-refractivity contribution in [3.05, 3.63) is 149 Å². The highest BCUT2D eigenvalue weighted by molar-refractivity contribution is 7.00. The molecule has 3 saturated carbocycles. The highest BCUT2D eigenvalue weighted by Crippen LogP contribution is 2.59. The normalized spacial score (nSPS) is 24.2. The molecular formula is C64H73BN2. The van der Waals surface area contributed by atoms with Crippen molar-refractivity contribution in [2.24, 2.45) is 23.7 Å². The lowest BCUT2D eigenvalue weighted by molar-refractivity contribution is 0.0153. The van der Waals surface area contributed by atoms with E-state index in [-0.39, 0.29) is 28.4 Å². The number of anilines is 6. The number of benzene rings is 6. The Kier molecular flexibility index (Phi) is 9.68. The summed E-state index contributed by atoms with van der Waals surface area (Å²) in [5.41, 5.74) is 23.6. The number of aryl methyl sites for hydroxylation is 1. The molecule has 6 aromatic rings. The quantitative estimate of drug-likeness (QED) is 0.163. The van der Waals surface area contributed by atoms with Crippen molar-refractivity contribution in [2.45, 2.75) is 155 Å². The molecular weight excluding hydrogens is 808 g/mol. The summed E-state index contributed by atoms with van der Waals surface area (Å²) < 4.78 is 0. The molecule has 67 heavy (non-hydrogen) atoms. The van der Waals surface area contributed by atoms with Crippen LogP contribution < -0.4 is 26.2 Å². The van der Waals surface area contributed by atoms with Gasteiger partial charge in [0, 0.05) is 34.0 Å². The molecule has 6 aromatic carbocycles. The third-order valence-electron chi connectivity index (χ3n) is 18.4. The zero-order valence-corrected chi connectivity index (χ0v) is 42.5. The molecule has 0 radical (unpaired) electrons. The molecule has 2 heterocycles. The summed E-state index contributed by atoms with van der Waals surface area (Å²) in [7, 11) is 0. The van der Waals surface area contributed by atoms with E-state index in [4.69, 9.17) is 0 Å². The summed E-state index contributed by atoms with van der Waals surface area (Å²) in [6.07, 6.45) is 11.0. The Hall–Kier alpha value is -5.02. The second kappa shape index (κ2) is 15.0. The first-order valence-corrected chi connectivity index (χ1v) is 26.2. The molecule has 4 aliphatic carbocycles. The summed E-state index contributed by atoms with van der Waals surface area (Å²) in [4.78, 5) is 5.36. The van der Waals surface area contributed by atoms with Crippen molar-refractivity contribution in [1.82, 2.24) is 0 Å². The second-order valence-electron chi connectivity index (χ2n) is 25.8. The van der Waals surface area contributed by atoms with E-state index in [2.05, 4.69) is 201 Å². The fourth-order valence-corrected chi connectivity index (χ4v) is 14.6. The largest absolute Gasteiger partial charge is 0.311 e. The van der Waals surface area contributed by atoms with E-state index in [1.54, 1.807) is 5.56 Å². The molecule has 3 heteroatoms. The zero-order valence-electron chi connectivity index (χ0n) is 42.5. The molecule has 2 nitrogen and oxygen atoms in total. The van der Waals surface area contributed by atoms with E-state index < -0.39 is 0 Å². The lowest BCUT2D eigenvalue weighted by atomic mass is 9.33. The third-order valence-corrected chi connectivity index (χ3v) is 18.4. The van der Waals surface area contributed by atoms with Gasteiger partial charge in [-0.05, 0) is 207 Å². The SMILES string of the molecule is Cc1cc2c3c(c1)N(c1ccc(C4C[C@H]5CC6CCC4C(C6)C5)cc1-c1ccccc1)c1cc4c(cc1B3c1cc(C(C)(C)C)ccc1N2c1ccc(C(C)(C)C)cc1)C(C)(C)CCC4(C)C. The van der Waals surface area contributed by atoms with E-state index in [0.29, 0.717) is 5.92 Å². The van der Waals surface area contributed by atoms with Crippen molar-refractivity contribution in [2.75, 3.05) is 9.80 Å². The first kappa shape index (κ1) is 43.3. The number of nitrogens with zero attached hydrogens (tertiary/aromatic N) is 2. The smallest absolute Gasteiger partial charge is 0.252 e. The average Bonchev–Trinajstić information content (AvgIpc) is 3.28. The summed E-state index contributed by atoms with van der Waals surface area (Å²) in [5, 5.41) is 0. The number of hydrogen-bond donors (Lipinski definition) is 0. The maximum Gasteiger partial charge on any atom is 0.252 e. The molecule has 0 amide bonds. The van der Waals surface area contributed by atoms with E-state index in [1.165, 1.54) is 141 Å². The Morgan fingerprint density at radius 1 is 0.537 bits per heavy atom. The van der Waals surface area contributed by atoms with Gasteiger partial charge in [0.15, 0.2) is 0 Å². The fourth-order valence-electron chi connectivity index (χ4n) is 14.6. The molecule has 0 N–H and O–H groups in total. The van der Waals surface area contributed by atoms with Gasteiger partial charge in [-0.3, -0.25) is 0 Å². The Morgan fingerprint density at radius 2 is 1.16 bits per heavy atom. The molecule has 0 aromatic heterocycles. The number of rotatable bonds is 4. The molecule has 12 rings (SSSR count). The Bertz CT molecular complexity index is 2940. The number of hydrogen-bond acceptors (Lipinski definition) is 2. The van der Waals surface area contributed by atoms with Crippen molar-refractivity contribution in [1.29, 1.82) is 0 Å². The van der Waals surface area contributed by atoms with Gasteiger partial charge < -0.3 is 9.80 Å². The predicted octanol–water partition coefficient (Wildman–Crippen LogP) is 15.6. The summed E-state index contributed by atoms with van der Waals surface area (Å²) >= 11 is 0. The topological polar surface area (TPSA) is 6.48 Å². The van der Waals surface area contributed by atoms with Crippen LogP contribution >= 0.6 is 0 Å². The van der Waals surface area contributed by atoms with Gasteiger partial charge in [0.1, 0.15) is 0 Å². The minimum Gasteiger partial charge on any atom is -0.311 e. The fraction of sp³-hybridized carbons (Fsp3) is 0.438. The van der Waals surface area contributed by atoms with Crippen molar-refractivity contribution >= 4 is 57.2 Å².